The zero-order chi connectivity index (χ0) is 22.9. The maximum atomic E-state index is 12.4. The summed E-state index contributed by atoms with van der Waals surface area (Å²) in [6, 6.07) is 16.5. The second-order valence-electron chi connectivity index (χ2n) is 9.63. The van der Waals surface area contributed by atoms with Crippen LogP contribution in [0.15, 0.2) is 58.6 Å². The highest BCUT2D eigenvalue weighted by molar-refractivity contribution is 7.99. The molecule has 2 atom stereocenters. The molecule has 2 aliphatic rings. The van der Waals surface area contributed by atoms with Crippen molar-refractivity contribution < 1.29 is 4.79 Å². The van der Waals surface area contributed by atoms with Crippen LogP contribution in [0.25, 0.3) is 11.4 Å². The highest BCUT2D eigenvalue weighted by Crippen LogP contribution is 2.38. The topological polar surface area (TPSA) is 63.1 Å². The van der Waals surface area contributed by atoms with Crippen molar-refractivity contribution in [2.75, 3.05) is 23.3 Å². The van der Waals surface area contributed by atoms with Crippen LogP contribution in [0.3, 0.4) is 0 Å². The highest BCUT2D eigenvalue weighted by atomic mass is 32.2. The molecule has 2 aromatic carbocycles. The molecule has 5 rings (SSSR count). The predicted octanol–water partition coefficient (Wildman–Crippen LogP) is 5.46. The summed E-state index contributed by atoms with van der Waals surface area (Å²) in [4.78, 5) is 16.0. The fourth-order valence-electron chi connectivity index (χ4n) is 4.74. The molecule has 2 heterocycles. The number of rotatable bonds is 6. The Bertz CT molecular complexity index is 1130. The summed E-state index contributed by atoms with van der Waals surface area (Å²) in [6.45, 7) is 6.64. The van der Waals surface area contributed by atoms with Crippen molar-refractivity contribution in [2.24, 2.45) is 24.8 Å². The lowest BCUT2D eigenvalue weighted by atomic mass is 9.91. The monoisotopic (exact) mass is 461 g/mol. The highest BCUT2D eigenvalue weighted by Gasteiger charge is 2.30. The van der Waals surface area contributed by atoms with Gasteiger partial charge in [0.25, 0.3) is 0 Å². The molecule has 1 aromatic heterocycles. The molecular weight excluding hydrogens is 430 g/mol. The van der Waals surface area contributed by atoms with Gasteiger partial charge < -0.3 is 14.8 Å². The first-order chi connectivity index (χ1) is 16.0. The van der Waals surface area contributed by atoms with E-state index in [0.29, 0.717) is 11.8 Å². The van der Waals surface area contributed by atoms with Crippen molar-refractivity contribution in [3.05, 3.63) is 48.5 Å². The fraction of sp³-hybridized carbons (Fsp3) is 0.423. The van der Waals surface area contributed by atoms with Crippen LogP contribution in [0.2, 0.25) is 0 Å². The summed E-state index contributed by atoms with van der Waals surface area (Å²) in [5, 5.41) is 13.1. The number of carbonyl (C=O) groups is 1. The van der Waals surface area contributed by atoms with Gasteiger partial charge in [-0.25, -0.2) is 0 Å². The van der Waals surface area contributed by atoms with Crippen LogP contribution in [0.4, 0.5) is 11.4 Å². The zero-order valence-corrected chi connectivity index (χ0v) is 20.3. The Balaban J connectivity index is 1.50. The third-order valence-corrected chi connectivity index (χ3v) is 7.50. The van der Waals surface area contributed by atoms with Crippen molar-refractivity contribution in [3.8, 4) is 11.4 Å². The van der Waals surface area contributed by atoms with E-state index in [4.69, 9.17) is 0 Å². The van der Waals surface area contributed by atoms with Crippen LogP contribution in [0.1, 0.15) is 33.1 Å². The van der Waals surface area contributed by atoms with Gasteiger partial charge in [-0.05, 0) is 73.2 Å². The lowest BCUT2D eigenvalue weighted by Gasteiger charge is -2.37. The summed E-state index contributed by atoms with van der Waals surface area (Å²) in [6.07, 6.45) is 3.24. The van der Waals surface area contributed by atoms with E-state index in [1.54, 1.807) is 11.8 Å². The SMILES string of the molecule is C[C@H]1C[C@H](C)CN(c2cc(NC(=O)C3CC3)ccc2-c2nnc(Sc3ccccc3)n2C)C1. The molecule has 1 saturated heterocycles. The van der Waals surface area contributed by atoms with Crippen LogP contribution in [-0.4, -0.2) is 33.8 Å². The summed E-state index contributed by atoms with van der Waals surface area (Å²) in [5.41, 5.74) is 3.03. The Labute approximate surface area is 199 Å². The Kier molecular flexibility index (Phi) is 6.15. The van der Waals surface area contributed by atoms with Crippen LogP contribution in [0.5, 0.6) is 0 Å². The third kappa shape index (κ3) is 4.93. The molecule has 1 aliphatic heterocycles. The molecule has 0 spiro atoms. The lowest BCUT2D eigenvalue weighted by molar-refractivity contribution is -0.117. The van der Waals surface area contributed by atoms with E-state index in [9.17, 15) is 4.79 Å². The average Bonchev–Trinajstić information content (AvgIpc) is 3.59. The van der Waals surface area contributed by atoms with Crippen LogP contribution in [-0.2, 0) is 11.8 Å². The van der Waals surface area contributed by atoms with Gasteiger partial charge in [-0.1, -0.05) is 32.0 Å². The van der Waals surface area contributed by atoms with Crippen molar-refractivity contribution in [1.82, 2.24) is 14.8 Å². The van der Waals surface area contributed by atoms with E-state index >= 15 is 0 Å². The van der Waals surface area contributed by atoms with Gasteiger partial charge in [0, 0.05) is 47.9 Å². The van der Waals surface area contributed by atoms with Gasteiger partial charge >= 0.3 is 0 Å². The van der Waals surface area contributed by atoms with Crippen LogP contribution in [0, 0.1) is 17.8 Å². The molecule has 3 aromatic rings. The summed E-state index contributed by atoms with van der Waals surface area (Å²) < 4.78 is 2.07. The van der Waals surface area contributed by atoms with E-state index in [0.717, 1.165) is 58.7 Å². The average molecular weight is 462 g/mol. The smallest absolute Gasteiger partial charge is 0.227 e. The molecule has 6 nitrogen and oxygen atoms in total. The minimum Gasteiger partial charge on any atom is -0.370 e. The molecule has 1 aliphatic carbocycles. The first kappa shape index (κ1) is 22.0. The third-order valence-electron chi connectivity index (χ3n) is 6.45. The number of nitrogens with zero attached hydrogens (tertiary/aromatic N) is 4. The van der Waals surface area contributed by atoms with Gasteiger partial charge in [0.2, 0.25) is 5.91 Å². The molecule has 1 amide bonds. The molecule has 0 bridgehead atoms. The predicted molar refractivity (Wildman–Crippen MR) is 134 cm³/mol. The zero-order valence-electron chi connectivity index (χ0n) is 19.5. The lowest BCUT2D eigenvalue weighted by Crippen LogP contribution is -2.39. The van der Waals surface area contributed by atoms with E-state index in [-0.39, 0.29) is 11.8 Å². The van der Waals surface area contributed by atoms with E-state index < -0.39 is 0 Å². The van der Waals surface area contributed by atoms with E-state index in [1.165, 1.54) is 6.42 Å². The maximum Gasteiger partial charge on any atom is 0.227 e. The molecule has 0 unspecified atom stereocenters. The first-order valence-electron chi connectivity index (χ1n) is 11.8. The van der Waals surface area contributed by atoms with Gasteiger partial charge in [-0.15, -0.1) is 10.2 Å². The van der Waals surface area contributed by atoms with Crippen molar-refractivity contribution in [2.45, 2.75) is 43.2 Å². The minimum absolute atomic E-state index is 0.134. The Morgan fingerprint density at radius 1 is 1.03 bits per heavy atom. The second-order valence-corrected chi connectivity index (χ2v) is 10.7. The number of hydrogen-bond acceptors (Lipinski definition) is 5. The Morgan fingerprint density at radius 2 is 1.76 bits per heavy atom. The normalized spacial score (nSPS) is 20.6. The number of piperidine rings is 1. The Morgan fingerprint density at radius 3 is 2.45 bits per heavy atom. The van der Waals surface area contributed by atoms with Gasteiger partial charge in [0.15, 0.2) is 11.0 Å². The van der Waals surface area contributed by atoms with Crippen molar-refractivity contribution in [3.63, 3.8) is 0 Å². The van der Waals surface area contributed by atoms with Gasteiger partial charge in [-0.3, -0.25) is 4.79 Å². The summed E-state index contributed by atoms with van der Waals surface area (Å²) in [7, 11) is 2.02. The summed E-state index contributed by atoms with van der Waals surface area (Å²) in [5.74, 6) is 2.40. The number of nitrogens with one attached hydrogen (secondary N) is 1. The molecule has 0 radical (unpaired) electrons. The molecule has 1 N–H and O–H groups in total. The van der Waals surface area contributed by atoms with Crippen LogP contribution < -0.4 is 10.2 Å². The molecule has 7 heteroatoms. The standard InChI is InChI=1S/C26H31N5OS/c1-17-13-18(2)16-31(15-17)23-14-20(27-25(32)19-9-10-19)11-12-22(23)24-28-29-26(30(24)3)33-21-7-5-4-6-8-21/h4-8,11-12,14,17-19H,9-10,13,15-16H2,1-3H3,(H,27,32)/t17-,18-/m0/s1. The van der Waals surface area contributed by atoms with E-state index in [2.05, 4.69) is 63.1 Å². The minimum atomic E-state index is 0.134. The molecule has 172 valence electrons. The van der Waals surface area contributed by atoms with Crippen LogP contribution >= 0.6 is 11.8 Å². The fourth-order valence-corrected chi connectivity index (χ4v) is 5.55. The number of carbonyl (C=O) groups excluding carboxylic acids is 1. The molecule has 1 saturated carbocycles. The van der Waals surface area contributed by atoms with Gasteiger partial charge in [-0.2, -0.15) is 0 Å². The van der Waals surface area contributed by atoms with Crippen molar-refractivity contribution in [1.29, 1.82) is 0 Å². The molecular formula is C26H31N5OS. The second kappa shape index (κ2) is 9.21. The number of aromatic nitrogens is 3. The van der Waals surface area contributed by atoms with E-state index in [1.807, 2.05) is 31.3 Å². The van der Waals surface area contributed by atoms with Gasteiger partial charge in [0.05, 0.1) is 0 Å². The van der Waals surface area contributed by atoms with Crippen molar-refractivity contribution >= 4 is 29.0 Å². The maximum absolute atomic E-state index is 12.4. The van der Waals surface area contributed by atoms with Gasteiger partial charge in [0.1, 0.15) is 0 Å². The number of amides is 1. The first-order valence-corrected chi connectivity index (χ1v) is 12.6. The molecule has 2 fully saturated rings. The summed E-state index contributed by atoms with van der Waals surface area (Å²) >= 11 is 1.61. The Hall–Kier alpha value is -2.80. The molecule has 33 heavy (non-hydrogen) atoms. The number of benzene rings is 2. The number of anilines is 2. The largest absolute Gasteiger partial charge is 0.370 e. The number of hydrogen-bond donors (Lipinski definition) is 1. The quantitative estimate of drug-likeness (QED) is 0.528.